The lowest BCUT2D eigenvalue weighted by molar-refractivity contribution is -0.119. The van der Waals surface area contributed by atoms with Crippen LogP contribution in [0.3, 0.4) is 0 Å². The maximum Gasteiger partial charge on any atom is 0.226 e. The van der Waals surface area contributed by atoms with E-state index in [1.165, 1.54) is 17.7 Å². The van der Waals surface area contributed by atoms with Gasteiger partial charge in [0.25, 0.3) is 0 Å². The molecule has 3 heterocycles. The predicted molar refractivity (Wildman–Crippen MR) is 116 cm³/mol. The molecule has 3 aromatic rings. The van der Waals surface area contributed by atoms with E-state index < -0.39 is 0 Å². The summed E-state index contributed by atoms with van der Waals surface area (Å²) >= 11 is 0. The van der Waals surface area contributed by atoms with Gasteiger partial charge in [-0.2, -0.15) is 5.10 Å². The van der Waals surface area contributed by atoms with Gasteiger partial charge in [0.15, 0.2) is 5.82 Å². The molecule has 0 bridgehead atoms. The summed E-state index contributed by atoms with van der Waals surface area (Å²) in [7, 11) is 1.85. The van der Waals surface area contributed by atoms with Crippen molar-refractivity contribution in [2.45, 2.75) is 45.4 Å². The van der Waals surface area contributed by atoms with Crippen molar-refractivity contribution in [3.05, 3.63) is 29.5 Å². The van der Waals surface area contributed by atoms with E-state index in [1.54, 1.807) is 4.90 Å². The molecule has 2 aliphatic rings. The average Bonchev–Trinajstić information content (AvgIpc) is 3.36. The van der Waals surface area contributed by atoms with Crippen LogP contribution in [0.1, 0.15) is 43.9 Å². The third kappa shape index (κ3) is 3.62. The molecule has 1 aliphatic carbocycles. The van der Waals surface area contributed by atoms with E-state index in [0.29, 0.717) is 18.3 Å². The fraction of sp³-hybridized carbons (Fsp3) is 0.522. The maximum absolute atomic E-state index is 12.8. The second kappa shape index (κ2) is 7.87. The number of carbonyl (C=O) groups excluding carboxylic acids is 1. The molecule has 7 heteroatoms. The average molecular weight is 408 g/mol. The van der Waals surface area contributed by atoms with E-state index in [1.807, 2.05) is 25.2 Å². The molecule has 7 nitrogen and oxygen atoms in total. The molecule has 1 aromatic carbocycles. The first-order valence-corrected chi connectivity index (χ1v) is 11.0. The van der Waals surface area contributed by atoms with E-state index in [0.717, 1.165) is 67.1 Å². The van der Waals surface area contributed by atoms with Gasteiger partial charge in [-0.1, -0.05) is 6.92 Å². The Morgan fingerprint density at radius 1 is 1.27 bits per heavy atom. The molecule has 1 saturated heterocycles. The van der Waals surface area contributed by atoms with E-state index in [4.69, 9.17) is 9.72 Å². The normalized spacial score (nSPS) is 19.7. The van der Waals surface area contributed by atoms with Gasteiger partial charge < -0.3 is 14.6 Å². The molecule has 1 unspecified atom stereocenters. The van der Waals surface area contributed by atoms with Crippen molar-refractivity contribution in [3.8, 4) is 11.5 Å². The first-order chi connectivity index (χ1) is 14.6. The molecule has 0 spiro atoms. The molecule has 1 amide bonds. The Kier molecular flexibility index (Phi) is 5.06. The minimum atomic E-state index is 0.149. The third-order valence-electron chi connectivity index (χ3n) is 6.65. The largest absolute Gasteiger partial charge is 0.381 e. The standard InChI is InChI=1S/C23H29N5O2/c1-14-3-5-18-17(11-14)22(27-26-18)23-24-19-6-4-16(13-20(19)25-23)28(2)21(29)12-15-7-9-30-10-8-15/h4,6,13-15H,3,5,7-12H2,1-2H3,(H,24,25)(H,26,27). The molecule has 0 saturated carbocycles. The molecule has 30 heavy (non-hydrogen) atoms. The number of hydrogen-bond acceptors (Lipinski definition) is 4. The summed E-state index contributed by atoms with van der Waals surface area (Å²) in [5.74, 6) is 2.03. The predicted octanol–water partition coefficient (Wildman–Crippen LogP) is 3.86. The molecular weight excluding hydrogens is 378 g/mol. The number of aryl methyl sites for hydroxylation is 1. The number of amides is 1. The van der Waals surface area contributed by atoms with Gasteiger partial charge in [-0.05, 0) is 62.1 Å². The summed E-state index contributed by atoms with van der Waals surface area (Å²) in [5, 5.41) is 7.76. The topological polar surface area (TPSA) is 86.9 Å². The lowest BCUT2D eigenvalue weighted by Crippen LogP contribution is -2.29. The molecule has 2 aromatic heterocycles. The molecule has 2 N–H and O–H groups in total. The van der Waals surface area contributed by atoms with Crippen LogP contribution in [0.2, 0.25) is 0 Å². The van der Waals surface area contributed by atoms with Crippen LogP contribution in [-0.4, -0.2) is 46.3 Å². The third-order valence-corrected chi connectivity index (χ3v) is 6.65. The number of benzene rings is 1. The van der Waals surface area contributed by atoms with E-state index in [9.17, 15) is 4.79 Å². The minimum absolute atomic E-state index is 0.149. The number of aromatic amines is 2. The van der Waals surface area contributed by atoms with E-state index >= 15 is 0 Å². The van der Waals surface area contributed by atoms with Crippen LogP contribution in [0.15, 0.2) is 18.2 Å². The Balaban J connectivity index is 1.38. The van der Waals surface area contributed by atoms with Gasteiger partial charge in [0.05, 0.1) is 11.0 Å². The van der Waals surface area contributed by atoms with Crippen LogP contribution >= 0.6 is 0 Å². The Morgan fingerprint density at radius 3 is 2.93 bits per heavy atom. The van der Waals surface area contributed by atoms with Crippen molar-refractivity contribution in [1.29, 1.82) is 0 Å². The molecule has 158 valence electrons. The van der Waals surface area contributed by atoms with Gasteiger partial charge in [0, 0.05) is 43.6 Å². The Labute approximate surface area is 176 Å². The minimum Gasteiger partial charge on any atom is -0.381 e. The Bertz CT molecular complexity index is 1060. The van der Waals surface area contributed by atoms with E-state index in [-0.39, 0.29) is 5.91 Å². The van der Waals surface area contributed by atoms with Crippen LogP contribution in [0, 0.1) is 11.8 Å². The number of imidazole rings is 1. The molecule has 1 atom stereocenters. The first-order valence-electron chi connectivity index (χ1n) is 11.0. The number of nitrogens with one attached hydrogen (secondary N) is 2. The molecular formula is C23H29N5O2. The number of H-pyrrole nitrogens is 2. The van der Waals surface area contributed by atoms with Crippen LogP contribution in [0.5, 0.6) is 0 Å². The second-order valence-corrected chi connectivity index (χ2v) is 8.88. The highest BCUT2D eigenvalue weighted by molar-refractivity contribution is 5.95. The van der Waals surface area contributed by atoms with Crippen molar-refractivity contribution in [2.75, 3.05) is 25.2 Å². The number of carbonyl (C=O) groups is 1. The lowest BCUT2D eigenvalue weighted by atomic mass is 9.88. The van der Waals surface area contributed by atoms with Crippen LogP contribution < -0.4 is 4.90 Å². The van der Waals surface area contributed by atoms with Gasteiger partial charge in [-0.25, -0.2) is 4.98 Å². The van der Waals surface area contributed by atoms with Gasteiger partial charge >= 0.3 is 0 Å². The fourth-order valence-electron chi connectivity index (χ4n) is 4.66. The number of fused-ring (bicyclic) bond motifs is 2. The van der Waals surface area contributed by atoms with Gasteiger partial charge in [-0.3, -0.25) is 9.89 Å². The quantitative estimate of drug-likeness (QED) is 0.688. The number of aromatic nitrogens is 4. The smallest absolute Gasteiger partial charge is 0.226 e. The number of anilines is 1. The van der Waals surface area contributed by atoms with Gasteiger partial charge in [0.1, 0.15) is 5.69 Å². The zero-order chi connectivity index (χ0) is 20.7. The number of rotatable bonds is 4. The van der Waals surface area contributed by atoms with Gasteiger partial charge in [-0.15, -0.1) is 0 Å². The lowest BCUT2D eigenvalue weighted by Gasteiger charge is -2.24. The molecule has 0 radical (unpaired) electrons. The van der Waals surface area contributed by atoms with Crippen molar-refractivity contribution in [1.82, 2.24) is 20.2 Å². The number of hydrogen-bond donors (Lipinski definition) is 2. The van der Waals surface area contributed by atoms with E-state index in [2.05, 4.69) is 22.1 Å². The van der Waals surface area contributed by atoms with Crippen molar-refractivity contribution >= 4 is 22.6 Å². The molecule has 1 aliphatic heterocycles. The fourth-order valence-corrected chi connectivity index (χ4v) is 4.66. The van der Waals surface area contributed by atoms with Crippen molar-refractivity contribution < 1.29 is 9.53 Å². The summed E-state index contributed by atoms with van der Waals surface area (Å²) in [5.41, 5.74) is 6.15. The van der Waals surface area contributed by atoms with Crippen LogP contribution in [0.4, 0.5) is 5.69 Å². The highest BCUT2D eigenvalue weighted by atomic mass is 16.5. The Hall–Kier alpha value is -2.67. The molecule has 5 rings (SSSR count). The monoisotopic (exact) mass is 407 g/mol. The van der Waals surface area contributed by atoms with Crippen molar-refractivity contribution in [2.24, 2.45) is 11.8 Å². The highest BCUT2D eigenvalue weighted by Crippen LogP contribution is 2.32. The second-order valence-electron chi connectivity index (χ2n) is 8.88. The van der Waals surface area contributed by atoms with Gasteiger partial charge in [0.2, 0.25) is 5.91 Å². The number of nitrogens with zero attached hydrogens (tertiary/aromatic N) is 3. The zero-order valence-corrected chi connectivity index (χ0v) is 17.7. The SMILES string of the molecule is CC1CCc2[nH]nc(-c3nc4ccc(N(C)C(=O)CC5CCOCC5)cc4[nH]3)c2C1. The van der Waals surface area contributed by atoms with Crippen molar-refractivity contribution in [3.63, 3.8) is 0 Å². The van der Waals surface area contributed by atoms with Crippen LogP contribution in [0.25, 0.3) is 22.6 Å². The van der Waals surface area contributed by atoms with Crippen LogP contribution in [-0.2, 0) is 22.4 Å². The summed E-state index contributed by atoms with van der Waals surface area (Å²) in [6, 6.07) is 5.96. The highest BCUT2D eigenvalue weighted by Gasteiger charge is 2.24. The number of ether oxygens (including phenoxy) is 1. The zero-order valence-electron chi connectivity index (χ0n) is 17.7. The summed E-state index contributed by atoms with van der Waals surface area (Å²) in [4.78, 5) is 22.7. The first kappa shape index (κ1) is 19.3. The molecule has 1 fully saturated rings. The summed E-state index contributed by atoms with van der Waals surface area (Å²) in [6.07, 6.45) is 5.79. The Morgan fingerprint density at radius 2 is 2.10 bits per heavy atom. The summed E-state index contributed by atoms with van der Waals surface area (Å²) in [6.45, 7) is 3.82. The summed E-state index contributed by atoms with van der Waals surface area (Å²) < 4.78 is 5.40. The maximum atomic E-state index is 12.8.